The molecule has 1 unspecified atom stereocenters. The van der Waals surface area contributed by atoms with E-state index < -0.39 is 0 Å². The molecular weight excluding hydrogens is 278 g/mol. The summed E-state index contributed by atoms with van der Waals surface area (Å²) < 4.78 is 1.85. The van der Waals surface area contributed by atoms with Gasteiger partial charge in [0.15, 0.2) is 0 Å². The Labute approximate surface area is 124 Å². The number of rotatable bonds is 7. The highest BCUT2D eigenvalue weighted by atomic mass is 35.5. The number of aromatic nitrogens is 2. The lowest BCUT2D eigenvalue weighted by atomic mass is 9.93. The highest BCUT2D eigenvalue weighted by molar-refractivity contribution is 6.17. The van der Waals surface area contributed by atoms with Crippen LogP contribution in [0.5, 0.6) is 0 Å². The van der Waals surface area contributed by atoms with Crippen molar-refractivity contribution in [1.82, 2.24) is 15.1 Å². The molecule has 1 atom stereocenters. The number of amides is 1. The zero-order chi connectivity index (χ0) is 14.4. The summed E-state index contributed by atoms with van der Waals surface area (Å²) in [6.45, 7) is 0.606. The molecule has 0 bridgehead atoms. The van der Waals surface area contributed by atoms with E-state index in [0.717, 1.165) is 43.4 Å². The Hall–Kier alpha value is -1.07. The molecule has 6 heteroatoms. The second-order valence-electron chi connectivity index (χ2n) is 5.15. The molecule has 0 fully saturated rings. The first-order chi connectivity index (χ1) is 9.76. The molecule has 1 amide bonds. The molecule has 0 aromatic carbocycles. The lowest BCUT2D eigenvalue weighted by Crippen LogP contribution is -2.30. The first-order valence-corrected chi connectivity index (χ1v) is 7.80. The molecule has 20 heavy (non-hydrogen) atoms. The van der Waals surface area contributed by atoms with Crippen LogP contribution in [0.1, 0.15) is 49.4 Å². The van der Waals surface area contributed by atoms with Gasteiger partial charge in [0.05, 0.1) is 25.4 Å². The van der Waals surface area contributed by atoms with Gasteiger partial charge in [0.25, 0.3) is 0 Å². The van der Waals surface area contributed by atoms with Gasteiger partial charge >= 0.3 is 0 Å². The molecule has 0 radical (unpaired) electrons. The van der Waals surface area contributed by atoms with Gasteiger partial charge in [-0.1, -0.05) is 0 Å². The zero-order valence-corrected chi connectivity index (χ0v) is 12.4. The molecule has 1 aliphatic rings. The monoisotopic (exact) mass is 299 g/mol. The van der Waals surface area contributed by atoms with Crippen LogP contribution in [-0.2, 0) is 17.8 Å². The minimum absolute atomic E-state index is 0.0645. The van der Waals surface area contributed by atoms with Crippen molar-refractivity contribution in [3.8, 4) is 0 Å². The summed E-state index contributed by atoms with van der Waals surface area (Å²) in [4.78, 5) is 11.9. The quantitative estimate of drug-likeness (QED) is 0.596. The molecule has 1 heterocycles. The second-order valence-corrected chi connectivity index (χ2v) is 5.53. The summed E-state index contributed by atoms with van der Waals surface area (Å²) in [7, 11) is 0. The standard InChI is InChI=1S/C14H22ClN3O2/c15-7-2-1-6-14(20)17-12-4-3-5-13-11(12)10-16-18(13)8-9-19/h10,12,19H,1-9H2,(H,17,20). The van der Waals surface area contributed by atoms with Gasteiger partial charge in [0.1, 0.15) is 0 Å². The Kier molecular flexibility index (Phi) is 5.86. The van der Waals surface area contributed by atoms with Gasteiger partial charge in [0, 0.05) is 23.6 Å². The van der Waals surface area contributed by atoms with Crippen LogP contribution in [0, 0.1) is 0 Å². The van der Waals surface area contributed by atoms with Crippen LogP contribution >= 0.6 is 11.6 Å². The predicted octanol–water partition coefficient (Wildman–Crippen LogP) is 1.78. The topological polar surface area (TPSA) is 67.2 Å². The van der Waals surface area contributed by atoms with Gasteiger partial charge in [-0.2, -0.15) is 5.10 Å². The number of carbonyl (C=O) groups is 1. The Balaban J connectivity index is 1.96. The first-order valence-electron chi connectivity index (χ1n) is 7.27. The maximum absolute atomic E-state index is 11.9. The molecule has 1 aliphatic carbocycles. The molecule has 2 rings (SSSR count). The van der Waals surface area contributed by atoms with Gasteiger partial charge in [0.2, 0.25) is 5.91 Å². The number of carbonyl (C=O) groups excluding carboxylic acids is 1. The Bertz CT molecular complexity index is 448. The van der Waals surface area contributed by atoms with Crippen LogP contribution in [0.25, 0.3) is 0 Å². The Morgan fingerprint density at radius 1 is 1.55 bits per heavy atom. The molecular formula is C14H22ClN3O2. The Morgan fingerprint density at radius 3 is 3.15 bits per heavy atom. The van der Waals surface area contributed by atoms with E-state index in [9.17, 15) is 4.79 Å². The number of fused-ring (bicyclic) bond motifs is 1. The molecule has 5 nitrogen and oxygen atoms in total. The molecule has 1 aromatic heterocycles. The van der Waals surface area contributed by atoms with Crippen molar-refractivity contribution in [2.45, 2.75) is 51.1 Å². The Morgan fingerprint density at radius 2 is 2.40 bits per heavy atom. The minimum atomic E-state index is 0.0645. The van der Waals surface area contributed by atoms with Gasteiger partial charge in [-0.3, -0.25) is 9.48 Å². The SMILES string of the molecule is O=C(CCCCCl)NC1CCCc2c1cnn2CCO. The van der Waals surface area contributed by atoms with E-state index in [1.807, 2.05) is 10.9 Å². The fraction of sp³-hybridized carbons (Fsp3) is 0.714. The van der Waals surface area contributed by atoms with E-state index in [1.54, 1.807) is 0 Å². The second kappa shape index (κ2) is 7.64. The van der Waals surface area contributed by atoms with E-state index in [2.05, 4.69) is 10.4 Å². The number of nitrogens with zero attached hydrogens (tertiary/aromatic N) is 2. The third-order valence-corrected chi connectivity index (χ3v) is 3.96. The lowest BCUT2D eigenvalue weighted by Gasteiger charge is -2.24. The molecule has 0 spiro atoms. The molecule has 1 aromatic rings. The van der Waals surface area contributed by atoms with Crippen molar-refractivity contribution in [2.75, 3.05) is 12.5 Å². The summed E-state index contributed by atoms with van der Waals surface area (Å²) in [5.41, 5.74) is 2.26. The maximum atomic E-state index is 11.9. The first kappa shape index (κ1) is 15.3. The summed E-state index contributed by atoms with van der Waals surface area (Å²) in [5.74, 6) is 0.692. The van der Waals surface area contributed by atoms with E-state index in [0.29, 0.717) is 18.8 Å². The van der Waals surface area contributed by atoms with Crippen molar-refractivity contribution in [3.05, 3.63) is 17.5 Å². The van der Waals surface area contributed by atoms with Crippen molar-refractivity contribution in [2.24, 2.45) is 0 Å². The van der Waals surface area contributed by atoms with E-state index in [1.165, 1.54) is 0 Å². The number of aliphatic hydroxyl groups is 1. The minimum Gasteiger partial charge on any atom is -0.394 e. The molecule has 0 aliphatic heterocycles. The summed E-state index contributed by atoms with van der Waals surface area (Å²) in [5, 5.41) is 16.4. The number of halogens is 1. The third kappa shape index (κ3) is 3.73. The summed E-state index contributed by atoms with van der Waals surface area (Å²) in [6, 6.07) is 0.0645. The van der Waals surface area contributed by atoms with Gasteiger partial charge in [-0.25, -0.2) is 0 Å². The van der Waals surface area contributed by atoms with Crippen LogP contribution in [0.3, 0.4) is 0 Å². The van der Waals surface area contributed by atoms with Crippen LogP contribution in [0.15, 0.2) is 6.20 Å². The van der Waals surface area contributed by atoms with Crippen molar-refractivity contribution in [1.29, 1.82) is 0 Å². The van der Waals surface area contributed by atoms with Gasteiger partial charge < -0.3 is 10.4 Å². The van der Waals surface area contributed by atoms with Gasteiger partial charge in [-0.05, 0) is 32.1 Å². The normalized spacial score (nSPS) is 17.8. The van der Waals surface area contributed by atoms with Crippen LogP contribution in [0.2, 0.25) is 0 Å². The van der Waals surface area contributed by atoms with Gasteiger partial charge in [-0.15, -0.1) is 11.6 Å². The predicted molar refractivity (Wildman–Crippen MR) is 77.7 cm³/mol. The number of hydrogen-bond acceptors (Lipinski definition) is 3. The van der Waals surface area contributed by atoms with Crippen molar-refractivity contribution in [3.63, 3.8) is 0 Å². The number of nitrogens with one attached hydrogen (secondary N) is 1. The zero-order valence-electron chi connectivity index (χ0n) is 11.6. The van der Waals surface area contributed by atoms with E-state index in [4.69, 9.17) is 16.7 Å². The third-order valence-electron chi connectivity index (χ3n) is 3.70. The van der Waals surface area contributed by atoms with Crippen molar-refractivity contribution >= 4 is 17.5 Å². The summed E-state index contributed by atoms with van der Waals surface area (Å²) >= 11 is 5.61. The fourth-order valence-corrected chi connectivity index (χ4v) is 2.89. The average molecular weight is 300 g/mol. The number of hydrogen-bond donors (Lipinski definition) is 2. The highest BCUT2D eigenvalue weighted by Crippen LogP contribution is 2.29. The smallest absolute Gasteiger partial charge is 0.220 e. The van der Waals surface area contributed by atoms with Crippen LogP contribution in [-0.4, -0.2) is 33.3 Å². The number of aliphatic hydroxyl groups excluding tert-OH is 1. The fourth-order valence-electron chi connectivity index (χ4n) is 2.70. The van der Waals surface area contributed by atoms with Crippen LogP contribution in [0.4, 0.5) is 0 Å². The summed E-state index contributed by atoms with van der Waals surface area (Å²) in [6.07, 6.45) is 7.03. The number of alkyl halides is 1. The molecule has 112 valence electrons. The number of unbranched alkanes of at least 4 members (excludes halogenated alkanes) is 1. The van der Waals surface area contributed by atoms with Crippen LogP contribution < -0.4 is 5.32 Å². The molecule has 0 saturated heterocycles. The molecule has 2 N–H and O–H groups in total. The average Bonchev–Trinajstić information content (AvgIpc) is 2.84. The maximum Gasteiger partial charge on any atom is 0.220 e. The van der Waals surface area contributed by atoms with E-state index >= 15 is 0 Å². The lowest BCUT2D eigenvalue weighted by molar-refractivity contribution is -0.122. The van der Waals surface area contributed by atoms with E-state index in [-0.39, 0.29) is 18.6 Å². The molecule has 0 saturated carbocycles. The largest absolute Gasteiger partial charge is 0.394 e. The van der Waals surface area contributed by atoms with Crippen molar-refractivity contribution < 1.29 is 9.90 Å². The highest BCUT2D eigenvalue weighted by Gasteiger charge is 2.25.